The van der Waals surface area contributed by atoms with Crippen molar-refractivity contribution < 1.29 is 13.9 Å². The molecule has 102 valence electrons. The summed E-state index contributed by atoms with van der Waals surface area (Å²) in [5.74, 6) is -0.783. The molecule has 1 atom stereocenters. The fourth-order valence-electron chi connectivity index (χ4n) is 1.92. The Morgan fingerprint density at radius 1 is 1.47 bits per heavy atom. The van der Waals surface area contributed by atoms with E-state index in [1.807, 2.05) is 6.92 Å². The Bertz CT molecular complexity index is 629. The molecule has 0 fully saturated rings. The molecule has 1 heterocycles. The van der Waals surface area contributed by atoms with Crippen LogP contribution in [-0.2, 0) is 16.1 Å². The van der Waals surface area contributed by atoms with E-state index in [9.17, 15) is 9.59 Å². The molecule has 1 N–H and O–H groups in total. The van der Waals surface area contributed by atoms with Crippen LogP contribution in [-0.4, -0.2) is 30.2 Å². The predicted octanol–water partition coefficient (Wildman–Crippen LogP) is 0.746. The first-order valence-electron chi connectivity index (χ1n) is 5.98. The molecule has 6 heteroatoms. The highest BCUT2D eigenvalue weighted by Gasteiger charge is 2.13. The van der Waals surface area contributed by atoms with Gasteiger partial charge >= 0.3 is 5.76 Å². The summed E-state index contributed by atoms with van der Waals surface area (Å²) in [7, 11) is 1.57. The number of methoxy groups -OCH3 is 1. The van der Waals surface area contributed by atoms with E-state index in [1.165, 1.54) is 4.57 Å². The molecule has 1 aromatic carbocycles. The third-order valence-electron chi connectivity index (χ3n) is 2.70. The topological polar surface area (TPSA) is 73.5 Å². The van der Waals surface area contributed by atoms with Crippen LogP contribution in [0.15, 0.2) is 33.5 Å². The van der Waals surface area contributed by atoms with E-state index in [0.717, 1.165) is 0 Å². The van der Waals surface area contributed by atoms with Gasteiger partial charge < -0.3 is 14.5 Å². The normalized spacial score (nSPS) is 12.5. The van der Waals surface area contributed by atoms with E-state index >= 15 is 0 Å². The van der Waals surface area contributed by atoms with Crippen molar-refractivity contribution in [2.24, 2.45) is 0 Å². The maximum absolute atomic E-state index is 11.8. The van der Waals surface area contributed by atoms with Crippen molar-refractivity contribution in [2.75, 3.05) is 13.7 Å². The molecule has 1 amide bonds. The average molecular weight is 264 g/mol. The lowest BCUT2D eigenvalue weighted by molar-refractivity contribution is -0.122. The maximum Gasteiger partial charge on any atom is 0.420 e. The van der Waals surface area contributed by atoms with Crippen molar-refractivity contribution in [3.8, 4) is 0 Å². The van der Waals surface area contributed by atoms with Gasteiger partial charge in [0.2, 0.25) is 5.91 Å². The molecule has 0 aliphatic carbocycles. The molecule has 0 aliphatic heterocycles. The highest BCUT2D eigenvalue weighted by atomic mass is 16.5. The van der Waals surface area contributed by atoms with Crippen molar-refractivity contribution in [2.45, 2.75) is 19.5 Å². The van der Waals surface area contributed by atoms with E-state index in [1.54, 1.807) is 31.4 Å². The minimum absolute atomic E-state index is 0.0656. The SMILES string of the molecule is COCC(C)NC(=O)Cn1c(=O)oc2ccccc21. The second-order valence-corrected chi connectivity index (χ2v) is 4.35. The summed E-state index contributed by atoms with van der Waals surface area (Å²) in [5, 5.41) is 2.75. The summed E-state index contributed by atoms with van der Waals surface area (Å²) in [6.45, 7) is 2.19. The van der Waals surface area contributed by atoms with Gasteiger partial charge in [-0.15, -0.1) is 0 Å². The number of oxazole rings is 1. The second-order valence-electron chi connectivity index (χ2n) is 4.35. The maximum atomic E-state index is 11.8. The highest BCUT2D eigenvalue weighted by molar-refractivity contribution is 5.79. The molecular weight excluding hydrogens is 248 g/mol. The number of amides is 1. The molecule has 2 rings (SSSR count). The third-order valence-corrected chi connectivity index (χ3v) is 2.70. The average Bonchev–Trinajstić information content (AvgIpc) is 2.66. The first kappa shape index (κ1) is 13.4. The Labute approximate surface area is 110 Å². The fourth-order valence-corrected chi connectivity index (χ4v) is 1.92. The zero-order valence-electron chi connectivity index (χ0n) is 10.9. The monoisotopic (exact) mass is 264 g/mol. The van der Waals surface area contributed by atoms with Crippen molar-refractivity contribution in [3.63, 3.8) is 0 Å². The number of fused-ring (bicyclic) bond motifs is 1. The fraction of sp³-hybridized carbons (Fsp3) is 0.385. The molecule has 0 saturated heterocycles. The zero-order chi connectivity index (χ0) is 13.8. The highest BCUT2D eigenvalue weighted by Crippen LogP contribution is 2.11. The Morgan fingerprint density at radius 3 is 2.95 bits per heavy atom. The standard InChI is InChI=1S/C13H16N2O4/c1-9(8-18-2)14-12(16)7-15-10-5-3-4-6-11(10)19-13(15)17/h3-6,9H,7-8H2,1-2H3,(H,14,16). The van der Waals surface area contributed by atoms with Crippen LogP contribution in [0, 0.1) is 0 Å². The van der Waals surface area contributed by atoms with Crippen LogP contribution < -0.4 is 11.1 Å². The van der Waals surface area contributed by atoms with E-state index in [4.69, 9.17) is 9.15 Å². The van der Waals surface area contributed by atoms with E-state index in [-0.39, 0.29) is 18.5 Å². The number of hydrogen-bond acceptors (Lipinski definition) is 4. The van der Waals surface area contributed by atoms with Gasteiger partial charge in [0.1, 0.15) is 6.54 Å². The number of ether oxygens (including phenoxy) is 1. The van der Waals surface area contributed by atoms with Gasteiger partial charge in [-0.1, -0.05) is 12.1 Å². The van der Waals surface area contributed by atoms with Crippen molar-refractivity contribution in [1.82, 2.24) is 9.88 Å². The minimum atomic E-state index is -0.532. The van der Waals surface area contributed by atoms with Crippen LogP contribution in [0.1, 0.15) is 6.92 Å². The molecule has 1 unspecified atom stereocenters. The third kappa shape index (κ3) is 3.03. The van der Waals surface area contributed by atoms with Crippen molar-refractivity contribution >= 4 is 17.0 Å². The Balaban J connectivity index is 2.15. The molecule has 2 aromatic rings. The van der Waals surface area contributed by atoms with E-state index < -0.39 is 5.76 Å². The van der Waals surface area contributed by atoms with Gasteiger partial charge in [-0.25, -0.2) is 4.79 Å². The van der Waals surface area contributed by atoms with Gasteiger partial charge in [-0.2, -0.15) is 0 Å². The van der Waals surface area contributed by atoms with Crippen LogP contribution >= 0.6 is 0 Å². The van der Waals surface area contributed by atoms with Gasteiger partial charge in [0.05, 0.1) is 12.1 Å². The summed E-state index contributed by atoms with van der Waals surface area (Å²) in [5.41, 5.74) is 1.09. The molecule has 1 aromatic heterocycles. The van der Waals surface area contributed by atoms with Crippen molar-refractivity contribution in [1.29, 1.82) is 0 Å². The number of para-hydroxylation sites is 2. The summed E-state index contributed by atoms with van der Waals surface area (Å²) in [4.78, 5) is 23.5. The molecule has 0 spiro atoms. The quantitative estimate of drug-likeness (QED) is 0.864. The zero-order valence-corrected chi connectivity index (χ0v) is 10.9. The largest absolute Gasteiger partial charge is 0.420 e. The summed E-state index contributed by atoms with van der Waals surface area (Å²) in [6, 6.07) is 6.90. The van der Waals surface area contributed by atoms with Gasteiger partial charge in [0.15, 0.2) is 5.58 Å². The molecule has 0 aliphatic rings. The van der Waals surface area contributed by atoms with Gasteiger partial charge in [-0.3, -0.25) is 9.36 Å². The number of carbonyl (C=O) groups is 1. The number of aromatic nitrogens is 1. The Hall–Kier alpha value is -2.08. The second kappa shape index (κ2) is 5.71. The Morgan fingerprint density at radius 2 is 2.21 bits per heavy atom. The number of rotatable bonds is 5. The molecule has 0 radical (unpaired) electrons. The van der Waals surface area contributed by atoms with E-state index in [2.05, 4.69) is 5.32 Å². The number of nitrogens with zero attached hydrogens (tertiary/aromatic N) is 1. The van der Waals surface area contributed by atoms with Gasteiger partial charge in [-0.05, 0) is 19.1 Å². The lowest BCUT2D eigenvalue weighted by Crippen LogP contribution is -2.38. The van der Waals surface area contributed by atoms with E-state index in [0.29, 0.717) is 17.7 Å². The van der Waals surface area contributed by atoms with Crippen LogP contribution in [0.3, 0.4) is 0 Å². The van der Waals surface area contributed by atoms with Crippen LogP contribution in [0.5, 0.6) is 0 Å². The lowest BCUT2D eigenvalue weighted by Gasteiger charge is -2.12. The molecule has 19 heavy (non-hydrogen) atoms. The van der Waals surface area contributed by atoms with Crippen LogP contribution in [0.25, 0.3) is 11.1 Å². The molecular formula is C13H16N2O4. The minimum Gasteiger partial charge on any atom is -0.408 e. The number of carbonyl (C=O) groups excluding carboxylic acids is 1. The smallest absolute Gasteiger partial charge is 0.408 e. The lowest BCUT2D eigenvalue weighted by atomic mass is 10.3. The summed E-state index contributed by atoms with van der Waals surface area (Å²) in [6.07, 6.45) is 0. The molecule has 0 bridgehead atoms. The number of benzene rings is 1. The van der Waals surface area contributed by atoms with Gasteiger partial charge in [0.25, 0.3) is 0 Å². The molecule has 0 saturated carbocycles. The van der Waals surface area contributed by atoms with Crippen LogP contribution in [0.2, 0.25) is 0 Å². The first-order valence-corrected chi connectivity index (χ1v) is 5.98. The van der Waals surface area contributed by atoms with Gasteiger partial charge in [0, 0.05) is 13.2 Å². The summed E-state index contributed by atoms with van der Waals surface area (Å²) < 4.78 is 11.3. The molecule has 6 nitrogen and oxygen atoms in total. The van der Waals surface area contributed by atoms with Crippen molar-refractivity contribution in [3.05, 3.63) is 34.8 Å². The van der Waals surface area contributed by atoms with Crippen LogP contribution in [0.4, 0.5) is 0 Å². The number of nitrogens with one attached hydrogen (secondary N) is 1. The Kier molecular flexibility index (Phi) is 4.01. The number of hydrogen-bond donors (Lipinski definition) is 1. The predicted molar refractivity (Wildman–Crippen MR) is 70.0 cm³/mol. The summed E-state index contributed by atoms with van der Waals surface area (Å²) >= 11 is 0. The first-order chi connectivity index (χ1) is 9.11.